The average Bonchev–Trinajstić information content (AvgIpc) is 3.34. The lowest BCUT2D eigenvalue weighted by atomic mass is 10.0. The van der Waals surface area contributed by atoms with Crippen LogP contribution in [0.1, 0.15) is 36.5 Å². The Labute approximate surface area is 145 Å². The highest BCUT2D eigenvalue weighted by atomic mass is 19.1. The summed E-state index contributed by atoms with van der Waals surface area (Å²) in [5, 5.41) is 6.03. The molecule has 1 aliphatic carbocycles. The number of nitrogens with zero attached hydrogens (tertiary/aromatic N) is 2. The summed E-state index contributed by atoms with van der Waals surface area (Å²) in [6.07, 6.45) is 5.70. The predicted octanol–water partition coefficient (Wildman–Crippen LogP) is 2.14. The number of aromatic nitrogens is 2. The van der Waals surface area contributed by atoms with Crippen LogP contribution in [0.2, 0.25) is 0 Å². The predicted molar refractivity (Wildman–Crippen MR) is 94.1 cm³/mol. The van der Waals surface area contributed by atoms with Gasteiger partial charge in [0.2, 0.25) is 0 Å². The molecule has 1 fully saturated rings. The van der Waals surface area contributed by atoms with Gasteiger partial charge in [-0.15, -0.1) is 0 Å². The average molecular weight is 344 g/mol. The van der Waals surface area contributed by atoms with Crippen LogP contribution >= 0.6 is 0 Å². The summed E-state index contributed by atoms with van der Waals surface area (Å²) in [6, 6.07) is 4.47. The topological polar surface area (TPSA) is 119 Å². The summed E-state index contributed by atoms with van der Waals surface area (Å²) in [4.78, 5) is 19.9. The Morgan fingerprint density at radius 1 is 1.44 bits per heavy atom. The Hall–Kier alpha value is -2.74. The molecule has 25 heavy (non-hydrogen) atoms. The monoisotopic (exact) mass is 344 g/mol. The number of amides is 1. The molecule has 132 valence electrons. The molecule has 2 aromatic rings. The Balaban J connectivity index is 1.93. The van der Waals surface area contributed by atoms with Gasteiger partial charge in [0, 0.05) is 17.8 Å². The van der Waals surface area contributed by atoms with Crippen molar-refractivity contribution in [3.63, 3.8) is 0 Å². The van der Waals surface area contributed by atoms with Gasteiger partial charge in [-0.2, -0.15) is 0 Å². The standard InChI is InChI=1S/C17H21FN6O/c1-2-13(17(20)5-6-17)23-16-12(18)8-11(14(19)25)15(24-16)22-10-4-3-7-21-9-10/h3-4,7-9,13H,2,5-6,20H2,1H3,(H2,19,25)(H2,22,23,24). The third-order valence-corrected chi connectivity index (χ3v) is 4.41. The van der Waals surface area contributed by atoms with E-state index in [1.165, 1.54) is 0 Å². The van der Waals surface area contributed by atoms with Gasteiger partial charge in [0.25, 0.3) is 5.91 Å². The molecular formula is C17H21FN6O. The van der Waals surface area contributed by atoms with E-state index in [9.17, 15) is 9.18 Å². The molecule has 2 aromatic heterocycles. The second-order valence-corrected chi connectivity index (χ2v) is 6.28. The minimum atomic E-state index is -0.770. The number of primary amides is 1. The number of nitrogens with one attached hydrogen (secondary N) is 2. The minimum absolute atomic E-state index is 0.0335. The van der Waals surface area contributed by atoms with Gasteiger partial charge in [-0.05, 0) is 37.5 Å². The number of hydrogen-bond acceptors (Lipinski definition) is 6. The fraction of sp³-hybridized carbons (Fsp3) is 0.353. The van der Waals surface area contributed by atoms with Gasteiger partial charge in [0.05, 0.1) is 17.4 Å². The molecule has 7 nitrogen and oxygen atoms in total. The smallest absolute Gasteiger partial charge is 0.252 e. The molecule has 1 amide bonds. The summed E-state index contributed by atoms with van der Waals surface area (Å²) in [5.41, 5.74) is 11.8. The zero-order valence-corrected chi connectivity index (χ0v) is 13.9. The van der Waals surface area contributed by atoms with Crippen LogP contribution in [0.15, 0.2) is 30.6 Å². The molecule has 3 rings (SSSR count). The summed E-state index contributed by atoms with van der Waals surface area (Å²) in [5.74, 6) is -1.21. The molecule has 0 saturated heterocycles. The van der Waals surface area contributed by atoms with Gasteiger partial charge in [-0.3, -0.25) is 9.78 Å². The van der Waals surface area contributed by atoms with Crippen molar-refractivity contribution in [2.75, 3.05) is 10.6 Å². The number of rotatable bonds is 7. The summed E-state index contributed by atoms with van der Waals surface area (Å²) < 4.78 is 14.4. The van der Waals surface area contributed by atoms with Crippen LogP contribution in [0.25, 0.3) is 0 Å². The van der Waals surface area contributed by atoms with Gasteiger partial charge < -0.3 is 22.1 Å². The number of anilines is 3. The quantitative estimate of drug-likeness (QED) is 0.611. The molecule has 1 aliphatic rings. The van der Waals surface area contributed by atoms with E-state index in [-0.39, 0.29) is 28.8 Å². The molecule has 0 bridgehead atoms. The second kappa shape index (κ2) is 6.64. The molecule has 1 atom stereocenters. The molecule has 0 aliphatic heterocycles. The lowest BCUT2D eigenvalue weighted by molar-refractivity contribution is 0.100. The third kappa shape index (κ3) is 3.69. The van der Waals surface area contributed by atoms with E-state index in [2.05, 4.69) is 20.6 Å². The van der Waals surface area contributed by atoms with E-state index in [4.69, 9.17) is 11.5 Å². The highest BCUT2D eigenvalue weighted by Crippen LogP contribution is 2.38. The van der Waals surface area contributed by atoms with Crippen molar-refractivity contribution >= 4 is 23.2 Å². The van der Waals surface area contributed by atoms with Crippen LogP contribution in [0.4, 0.5) is 21.7 Å². The van der Waals surface area contributed by atoms with Crippen LogP contribution in [0, 0.1) is 5.82 Å². The van der Waals surface area contributed by atoms with Gasteiger partial charge >= 0.3 is 0 Å². The molecule has 0 aromatic carbocycles. The Morgan fingerprint density at radius 2 is 2.20 bits per heavy atom. The largest absolute Gasteiger partial charge is 0.365 e. The van der Waals surface area contributed by atoms with Gasteiger partial charge in [0.15, 0.2) is 11.6 Å². The van der Waals surface area contributed by atoms with E-state index in [1.807, 2.05) is 6.92 Å². The molecule has 6 N–H and O–H groups in total. The normalized spacial score (nSPS) is 16.1. The molecule has 1 saturated carbocycles. The van der Waals surface area contributed by atoms with Crippen molar-refractivity contribution in [1.29, 1.82) is 0 Å². The number of carbonyl (C=O) groups excluding carboxylic acids is 1. The molecule has 8 heteroatoms. The number of hydrogen-bond donors (Lipinski definition) is 4. The fourth-order valence-electron chi connectivity index (χ4n) is 2.76. The van der Waals surface area contributed by atoms with Gasteiger partial charge in [-0.25, -0.2) is 9.37 Å². The maximum Gasteiger partial charge on any atom is 0.252 e. The van der Waals surface area contributed by atoms with E-state index in [1.54, 1.807) is 24.5 Å². The highest BCUT2D eigenvalue weighted by Gasteiger charge is 2.45. The van der Waals surface area contributed by atoms with Crippen molar-refractivity contribution in [3.05, 3.63) is 42.0 Å². The van der Waals surface area contributed by atoms with Crippen LogP contribution in [0.3, 0.4) is 0 Å². The van der Waals surface area contributed by atoms with Crippen LogP contribution in [-0.4, -0.2) is 27.5 Å². The Bertz CT molecular complexity index is 778. The lowest BCUT2D eigenvalue weighted by Crippen LogP contribution is -2.42. The second-order valence-electron chi connectivity index (χ2n) is 6.28. The van der Waals surface area contributed by atoms with Gasteiger partial charge in [0.1, 0.15) is 5.82 Å². The van der Waals surface area contributed by atoms with Crippen LogP contribution in [0.5, 0.6) is 0 Å². The maximum atomic E-state index is 14.4. The van der Waals surface area contributed by atoms with Crippen molar-refractivity contribution in [3.8, 4) is 0 Å². The maximum absolute atomic E-state index is 14.4. The number of nitrogens with two attached hydrogens (primary N) is 2. The number of pyridine rings is 2. The molecule has 0 spiro atoms. The summed E-state index contributed by atoms with van der Waals surface area (Å²) >= 11 is 0. The minimum Gasteiger partial charge on any atom is -0.365 e. The highest BCUT2D eigenvalue weighted by molar-refractivity contribution is 5.98. The van der Waals surface area contributed by atoms with Crippen molar-refractivity contribution < 1.29 is 9.18 Å². The molecular weight excluding hydrogens is 323 g/mol. The van der Waals surface area contributed by atoms with Gasteiger partial charge in [-0.1, -0.05) is 6.92 Å². The Morgan fingerprint density at radius 3 is 2.76 bits per heavy atom. The first kappa shape index (κ1) is 17.1. The zero-order chi connectivity index (χ0) is 18.0. The Kier molecular flexibility index (Phi) is 4.54. The van der Waals surface area contributed by atoms with Crippen molar-refractivity contribution in [1.82, 2.24) is 9.97 Å². The van der Waals surface area contributed by atoms with E-state index < -0.39 is 11.7 Å². The van der Waals surface area contributed by atoms with Crippen LogP contribution in [-0.2, 0) is 0 Å². The molecule has 1 unspecified atom stereocenters. The summed E-state index contributed by atoms with van der Waals surface area (Å²) in [7, 11) is 0. The van der Waals surface area contributed by atoms with E-state index in [0.717, 1.165) is 25.3 Å². The van der Waals surface area contributed by atoms with E-state index >= 15 is 0 Å². The van der Waals surface area contributed by atoms with Crippen LogP contribution < -0.4 is 22.1 Å². The van der Waals surface area contributed by atoms with E-state index in [0.29, 0.717) is 5.69 Å². The zero-order valence-electron chi connectivity index (χ0n) is 13.9. The SMILES string of the molecule is CCC(Nc1nc(Nc2cccnc2)c(C(N)=O)cc1F)C1(N)CC1. The molecule has 0 radical (unpaired) electrons. The summed E-state index contributed by atoms with van der Waals surface area (Å²) in [6.45, 7) is 1.98. The third-order valence-electron chi connectivity index (χ3n) is 4.41. The first-order valence-electron chi connectivity index (χ1n) is 8.16. The fourth-order valence-corrected chi connectivity index (χ4v) is 2.76. The number of carbonyl (C=O) groups is 1. The lowest BCUT2D eigenvalue weighted by Gasteiger charge is -2.24. The number of halogens is 1. The molecule has 2 heterocycles. The first-order valence-corrected chi connectivity index (χ1v) is 8.16. The van der Waals surface area contributed by atoms with Crippen molar-refractivity contribution in [2.24, 2.45) is 11.5 Å². The first-order chi connectivity index (χ1) is 11.9. The van der Waals surface area contributed by atoms with Crippen molar-refractivity contribution in [2.45, 2.75) is 37.8 Å².